The fourth-order valence-corrected chi connectivity index (χ4v) is 2.73. The molecule has 28 heavy (non-hydrogen) atoms. The molecule has 0 fully saturated rings. The second-order valence-electron chi connectivity index (χ2n) is 6.35. The highest BCUT2D eigenvalue weighted by Gasteiger charge is 2.26. The number of halogens is 2. The molecule has 8 heteroatoms. The molecule has 0 aliphatic carbocycles. The number of benzene rings is 2. The van der Waals surface area contributed by atoms with Gasteiger partial charge in [-0.1, -0.05) is 30.3 Å². The number of hydrogen-bond acceptors (Lipinski definition) is 3. The smallest absolute Gasteiger partial charge is 0.243 e. The number of hydrogen-bond donors (Lipinski definition) is 3. The van der Waals surface area contributed by atoms with Gasteiger partial charge in [0.2, 0.25) is 17.7 Å². The molecule has 3 amide bonds. The van der Waals surface area contributed by atoms with Gasteiger partial charge in [-0.3, -0.25) is 14.4 Å². The molecule has 148 valence electrons. The largest absolute Gasteiger partial charge is 0.368 e. The van der Waals surface area contributed by atoms with E-state index in [-0.39, 0.29) is 18.4 Å². The number of nitrogens with two attached hydrogens (primary N) is 1. The van der Waals surface area contributed by atoms with Crippen LogP contribution in [0.5, 0.6) is 0 Å². The zero-order valence-electron chi connectivity index (χ0n) is 15.2. The highest BCUT2D eigenvalue weighted by Crippen LogP contribution is 2.11. The van der Waals surface area contributed by atoms with Crippen LogP contribution in [0.25, 0.3) is 0 Å². The Kier molecular flexibility index (Phi) is 7.20. The van der Waals surface area contributed by atoms with Gasteiger partial charge in [-0.15, -0.1) is 0 Å². The van der Waals surface area contributed by atoms with Crippen LogP contribution in [-0.2, 0) is 27.2 Å². The van der Waals surface area contributed by atoms with Crippen LogP contribution >= 0.6 is 0 Å². The lowest BCUT2D eigenvalue weighted by Gasteiger charge is -2.22. The molecule has 2 rings (SSSR count). The van der Waals surface area contributed by atoms with Crippen molar-refractivity contribution in [1.29, 1.82) is 0 Å². The maximum Gasteiger partial charge on any atom is 0.243 e. The number of carbonyl (C=O) groups is 3. The van der Waals surface area contributed by atoms with Gasteiger partial charge >= 0.3 is 0 Å². The summed E-state index contributed by atoms with van der Waals surface area (Å²) < 4.78 is 27.2. The lowest BCUT2D eigenvalue weighted by Crippen LogP contribution is -2.54. The van der Waals surface area contributed by atoms with Gasteiger partial charge in [0.1, 0.15) is 23.7 Å². The quantitative estimate of drug-likeness (QED) is 0.633. The van der Waals surface area contributed by atoms with Gasteiger partial charge in [0.25, 0.3) is 0 Å². The Morgan fingerprint density at radius 2 is 1.68 bits per heavy atom. The van der Waals surface area contributed by atoms with Crippen LogP contribution in [0.4, 0.5) is 8.78 Å². The van der Waals surface area contributed by atoms with Gasteiger partial charge in [0.15, 0.2) is 0 Å². The van der Waals surface area contributed by atoms with E-state index in [0.29, 0.717) is 5.56 Å². The Labute approximate surface area is 161 Å². The summed E-state index contributed by atoms with van der Waals surface area (Å²) in [5.74, 6) is -3.00. The van der Waals surface area contributed by atoms with Crippen LogP contribution in [0.3, 0.4) is 0 Å². The summed E-state index contributed by atoms with van der Waals surface area (Å²) in [5, 5.41) is 4.91. The summed E-state index contributed by atoms with van der Waals surface area (Å²) in [5.41, 5.74) is 6.04. The first-order valence-electron chi connectivity index (χ1n) is 8.61. The highest BCUT2D eigenvalue weighted by atomic mass is 19.1. The average Bonchev–Trinajstić information content (AvgIpc) is 2.61. The lowest BCUT2D eigenvalue weighted by molar-refractivity contribution is -0.130. The molecule has 0 saturated carbocycles. The third kappa shape index (κ3) is 6.15. The Hall–Kier alpha value is -3.29. The van der Waals surface area contributed by atoms with E-state index in [1.165, 1.54) is 43.3 Å². The Balaban J connectivity index is 2.15. The van der Waals surface area contributed by atoms with Crippen molar-refractivity contribution in [2.24, 2.45) is 5.73 Å². The predicted molar refractivity (Wildman–Crippen MR) is 98.9 cm³/mol. The first-order valence-corrected chi connectivity index (χ1v) is 8.61. The topological polar surface area (TPSA) is 101 Å². The maximum atomic E-state index is 13.8. The Bertz CT molecular complexity index is 873. The van der Waals surface area contributed by atoms with Gasteiger partial charge in [0, 0.05) is 19.8 Å². The van der Waals surface area contributed by atoms with E-state index < -0.39 is 41.4 Å². The summed E-state index contributed by atoms with van der Waals surface area (Å²) in [6.45, 7) is 1.23. The predicted octanol–water partition coefficient (Wildman–Crippen LogP) is 1.22. The van der Waals surface area contributed by atoms with E-state index in [9.17, 15) is 23.2 Å². The number of amides is 3. The fourth-order valence-electron chi connectivity index (χ4n) is 2.73. The summed E-state index contributed by atoms with van der Waals surface area (Å²) in [7, 11) is 0. The molecule has 4 N–H and O–H groups in total. The van der Waals surface area contributed by atoms with Gasteiger partial charge in [-0.25, -0.2) is 8.78 Å². The molecule has 0 saturated heterocycles. The number of carbonyl (C=O) groups excluding carboxylic acids is 3. The van der Waals surface area contributed by atoms with Gasteiger partial charge in [0.05, 0.1) is 0 Å². The third-order valence-electron chi connectivity index (χ3n) is 4.06. The Morgan fingerprint density at radius 1 is 0.964 bits per heavy atom. The molecule has 0 radical (unpaired) electrons. The van der Waals surface area contributed by atoms with E-state index in [1.54, 1.807) is 12.1 Å². The zero-order chi connectivity index (χ0) is 20.7. The molecule has 0 spiro atoms. The van der Waals surface area contributed by atoms with E-state index >= 15 is 0 Å². The Morgan fingerprint density at radius 3 is 2.29 bits per heavy atom. The normalized spacial score (nSPS) is 12.7. The van der Waals surface area contributed by atoms with Crippen molar-refractivity contribution >= 4 is 17.7 Å². The molecule has 0 heterocycles. The summed E-state index contributed by atoms with van der Waals surface area (Å²) in [6.07, 6.45) is -0.130. The standard InChI is InChI=1S/C20H21F2N3O3/c1-12(26)24-18(10-13-5-4-7-15(21)9-13)20(28)25-17(19(23)27)11-14-6-2-3-8-16(14)22/h2-9,17-18H,10-11H2,1H3,(H2,23,27)(H,24,26)(H,25,28)/t17-,18-/m1/s1. The first kappa shape index (κ1) is 21.0. The number of nitrogens with one attached hydrogen (secondary N) is 2. The van der Waals surface area contributed by atoms with Gasteiger partial charge in [-0.2, -0.15) is 0 Å². The van der Waals surface area contributed by atoms with Crippen molar-refractivity contribution in [3.8, 4) is 0 Å². The van der Waals surface area contributed by atoms with Crippen molar-refractivity contribution in [1.82, 2.24) is 10.6 Å². The highest BCUT2D eigenvalue weighted by molar-refractivity contribution is 5.91. The molecule has 0 aliphatic heterocycles. The van der Waals surface area contributed by atoms with Gasteiger partial charge in [-0.05, 0) is 29.3 Å². The van der Waals surface area contributed by atoms with Crippen molar-refractivity contribution in [3.63, 3.8) is 0 Å². The van der Waals surface area contributed by atoms with E-state index in [1.807, 2.05) is 0 Å². The van der Waals surface area contributed by atoms with Crippen LogP contribution in [0.1, 0.15) is 18.1 Å². The maximum absolute atomic E-state index is 13.8. The summed E-state index contributed by atoms with van der Waals surface area (Å²) in [6, 6.07) is 9.18. The molecular weight excluding hydrogens is 368 g/mol. The van der Waals surface area contributed by atoms with Crippen molar-refractivity contribution < 1.29 is 23.2 Å². The second kappa shape index (κ2) is 9.59. The van der Waals surface area contributed by atoms with Crippen molar-refractivity contribution in [3.05, 3.63) is 71.3 Å². The molecule has 2 atom stereocenters. The molecule has 2 aromatic carbocycles. The summed E-state index contributed by atoms with van der Waals surface area (Å²) >= 11 is 0. The van der Waals surface area contributed by atoms with Crippen LogP contribution in [0.15, 0.2) is 48.5 Å². The van der Waals surface area contributed by atoms with Crippen molar-refractivity contribution in [2.45, 2.75) is 31.8 Å². The van der Waals surface area contributed by atoms with E-state index in [0.717, 1.165) is 0 Å². The first-order chi connectivity index (χ1) is 13.3. The SMILES string of the molecule is CC(=O)N[C@H](Cc1cccc(F)c1)C(=O)N[C@H](Cc1ccccc1F)C(N)=O. The van der Waals surface area contributed by atoms with Crippen LogP contribution in [0, 0.1) is 11.6 Å². The fraction of sp³-hybridized carbons (Fsp3) is 0.250. The number of rotatable bonds is 8. The molecule has 0 unspecified atom stereocenters. The average molecular weight is 389 g/mol. The van der Waals surface area contributed by atoms with Crippen molar-refractivity contribution in [2.75, 3.05) is 0 Å². The van der Waals surface area contributed by atoms with E-state index in [4.69, 9.17) is 5.73 Å². The monoisotopic (exact) mass is 389 g/mol. The van der Waals surface area contributed by atoms with Crippen LogP contribution in [0.2, 0.25) is 0 Å². The zero-order valence-corrected chi connectivity index (χ0v) is 15.2. The third-order valence-corrected chi connectivity index (χ3v) is 4.06. The second-order valence-corrected chi connectivity index (χ2v) is 6.35. The van der Waals surface area contributed by atoms with Crippen LogP contribution < -0.4 is 16.4 Å². The molecule has 2 aromatic rings. The lowest BCUT2D eigenvalue weighted by atomic mass is 10.0. The van der Waals surface area contributed by atoms with Gasteiger partial charge < -0.3 is 16.4 Å². The minimum atomic E-state index is -1.17. The minimum Gasteiger partial charge on any atom is -0.368 e. The molecule has 0 aliphatic rings. The molecule has 0 aromatic heterocycles. The summed E-state index contributed by atoms with van der Waals surface area (Å²) in [4.78, 5) is 35.8. The molecule has 0 bridgehead atoms. The minimum absolute atomic E-state index is 0.00829. The molecular formula is C20H21F2N3O3. The van der Waals surface area contributed by atoms with E-state index in [2.05, 4.69) is 10.6 Å². The molecule has 6 nitrogen and oxygen atoms in total. The number of primary amides is 1. The van der Waals surface area contributed by atoms with Crippen LogP contribution in [-0.4, -0.2) is 29.8 Å².